The molecule has 0 fully saturated rings. The van der Waals surface area contributed by atoms with Crippen molar-refractivity contribution in [1.29, 1.82) is 0 Å². The van der Waals surface area contributed by atoms with Gasteiger partial charge in [0.2, 0.25) is 5.78 Å². The van der Waals surface area contributed by atoms with Crippen molar-refractivity contribution >= 4 is 28.1 Å². The molecule has 1 aliphatic rings. The van der Waals surface area contributed by atoms with Crippen LogP contribution >= 0.6 is 0 Å². The van der Waals surface area contributed by atoms with Crippen LogP contribution in [0.4, 0.5) is 0 Å². The van der Waals surface area contributed by atoms with Gasteiger partial charge in [0, 0.05) is 16.5 Å². The number of phenolic OH excluding ortho intramolecular Hbond substituents is 4. The van der Waals surface area contributed by atoms with Gasteiger partial charge in [-0.05, 0) is 25.1 Å². The van der Waals surface area contributed by atoms with Crippen molar-refractivity contribution in [2.24, 2.45) is 0 Å². The first-order valence-corrected chi connectivity index (χ1v) is 7.91. The summed E-state index contributed by atoms with van der Waals surface area (Å²) in [6, 6.07) is 6.27. The third-order valence-corrected chi connectivity index (χ3v) is 4.71. The quantitative estimate of drug-likeness (QED) is 0.301. The molecular formula is C20H12O7. The fourth-order valence-corrected chi connectivity index (χ4v) is 3.43. The lowest BCUT2D eigenvalue weighted by molar-refractivity contribution is 0.0970. The van der Waals surface area contributed by atoms with Gasteiger partial charge in [0.25, 0.3) is 0 Å². The van der Waals surface area contributed by atoms with E-state index in [1.807, 2.05) is 0 Å². The lowest BCUT2D eigenvalue weighted by atomic mass is 9.80. The Hall–Kier alpha value is -3.87. The Kier molecular flexibility index (Phi) is 3.26. The van der Waals surface area contributed by atoms with Crippen LogP contribution in [-0.2, 0) is 0 Å². The molecule has 0 saturated heterocycles. The molecule has 4 N–H and O–H groups in total. The Bertz CT molecular complexity index is 1220. The van der Waals surface area contributed by atoms with Gasteiger partial charge in [0.1, 0.15) is 23.0 Å². The van der Waals surface area contributed by atoms with Crippen LogP contribution in [0.3, 0.4) is 0 Å². The fraction of sp³-hybridized carbons (Fsp3) is 0.0500. The minimum atomic E-state index is -0.898. The van der Waals surface area contributed by atoms with E-state index in [2.05, 4.69) is 0 Å². The zero-order chi connectivity index (χ0) is 19.6. The summed E-state index contributed by atoms with van der Waals surface area (Å²) in [5, 5.41) is 41.2. The van der Waals surface area contributed by atoms with Crippen molar-refractivity contribution in [3.8, 4) is 23.0 Å². The smallest absolute Gasteiger partial charge is 0.202 e. The Morgan fingerprint density at radius 1 is 0.815 bits per heavy atom. The summed E-state index contributed by atoms with van der Waals surface area (Å²) in [4.78, 5) is 37.5. The summed E-state index contributed by atoms with van der Waals surface area (Å²) in [5.74, 6) is -4.36. The van der Waals surface area contributed by atoms with Crippen molar-refractivity contribution in [3.63, 3.8) is 0 Å². The maximum atomic E-state index is 13.0. The first kappa shape index (κ1) is 16.6. The van der Waals surface area contributed by atoms with Crippen LogP contribution < -0.4 is 0 Å². The molecule has 7 nitrogen and oxygen atoms in total. The highest BCUT2D eigenvalue weighted by atomic mass is 16.3. The van der Waals surface area contributed by atoms with Gasteiger partial charge in [0.15, 0.2) is 11.6 Å². The van der Waals surface area contributed by atoms with Crippen LogP contribution in [0.1, 0.15) is 49.1 Å². The Morgan fingerprint density at radius 2 is 1.48 bits per heavy atom. The van der Waals surface area contributed by atoms with Gasteiger partial charge in [-0.15, -0.1) is 0 Å². The standard InChI is InChI=1S/C20H12O7/c1-7(21)8-5-10-14(12(23)6-8)20(27)16-15(18(10)25)17(24)9-3-2-4-11(22)13(9)19(16)26/h2-6,22-24,26H,1H3. The molecule has 3 aromatic carbocycles. The Labute approximate surface area is 151 Å². The molecule has 7 heteroatoms. The lowest BCUT2D eigenvalue weighted by Gasteiger charge is -2.22. The molecule has 0 heterocycles. The number of ketones is 3. The highest BCUT2D eigenvalue weighted by Gasteiger charge is 2.38. The number of Topliss-reactive ketones (excluding diaryl/α,β-unsaturated/α-hetero) is 1. The molecule has 0 radical (unpaired) electrons. The van der Waals surface area contributed by atoms with E-state index in [1.54, 1.807) is 0 Å². The van der Waals surface area contributed by atoms with Crippen molar-refractivity contribution < 1.29 is 34.8 Å². The SMILES string of the molecule is CC(=O)c1cc(O)c2c(c1)C(=O)c1c(c(O)c3c(O)cccc3c1O)C2=O. The summed E-state index contributed by atoms with van der Waals surface area (Å²) in [7, 11) is 0. The van der Waals surface area contributed by atoms with Crippen molar-refractivity contribution in [2.75, 3.05) is 0 Å². The molecule has 134 valence electrons. The monoisotopic (exact) mass is 364 g/mol. The minimum absolute atomic E-state index is 0.0113. The molecular weight excluding hydrogens is 352 g/mol. The highest BCUT2D eigenvalue weighted by molar-refractivity contribution is 6.33. The third-order valence-electron chi connectivity index (χ3n) is 4.71. The van der Waals surface area contributed by atoms with Gasteiger partial charge in [0.05, 0.1) is 22.1 Å². The summed E-state index contributed by atoms with van der Waals surface area (Å²) in [6.45, 7) is 1.24. The molecule has 0 aromatic heterocycles. The van der Waals surface area contributed by atoms with Crippen molar-refractivity contribution in [3.05, 3.63) is 58.1 Å². The molecule has 0 saturated carbocycles. The molecule has 1 aliphatic carbocycles. The number of phenols is 4. The van der Waals surface area contributed by atoms with Gasteiger partial charge in [-0.2, -0.15) is 0 Å². The number of fused-ring (bicyclic) bond motifs is 3. The van der Waals surface area contributed by atoms with E-state index < -0.39 is 45.7 Å². The molecule has 4 rings (SSSR count). The fourth-order valence-electron chi connectivity index (χ4n) is 3.43. The summed E-state index contributed by atoms with van der Waals surface area (Å²) < 4.78 is 0. The van der Waals surface area contributed by atoms with E-state index >= 15 is 0 Å². The average Bonchev–Trinajstić information content (AvgIpc) is 2.61. The molecule has 0 aliphatic heterocycles. The first-order valence-electron chi connectivity index (χ1n) is 7.91. The molecule has 3 aromatic rings. The van der Waals surface area contributed by atoms with E-state index in [0.717, 1.165) is 6.07 Å². The molecule has 0 unspecified atom stereocenters. The van der Waals surface area contributed by atoms with Gasteiger partial charge < -0.3 is 20.4 Å². The van der Waals surface area contributed by atoms with Gasteiger partial charge in [-0.25, -0.2) is 0 Å². The maximum absolute atomic E-state index is 13.0. The summed E-state index contributed by atoms with van der Waals surface area (Å²) in [5.41, 5.74) is -1.54. The second-order valence-electron chi connectivity index (χ2n) is 6.28. The van der Waals surface area contributed by atoms with E-state index in [9.17, 15) is 34.8 Å². The van der Waals surface area contributed by atoms with E-state index in [0.29, 0.717) is 0 Å². The van der Waals surface area contributed by atoms with Gasteiger partial charge in [-0.3, -0.25) is 14.4 Å². The van der Waals surface area contributed by atoms with Crippen LogP contribution in [0, 0.1) is 0 Å². The van der Waals surface area contributed by atoms with E-state index in [1.165, 1.54) is 31.2 Å². The van der Waals surface area contributed by atoms with Crippen LogP contribution in [0.5, 0.6) is 23.0 Å². The van der Waals surface area contributed by atoms with Crippen LogP contribution in [-0.4, -0.2) is 37.8 Å². The van der Waals surface area contributed by atoms with Crippen LogP contribution in [0.15, 0.2) is 30.3 Å². The van der Waals surface area contributed by atoms with Crippen molar-refractivity contribution in [2.45, 2.75) is 6.92 Å². The van der Waals surface area contributed by atoms with Crippen molar-refractivity contribution in [1.82, 2.24) is 0 Å². The predicted molar refractivity (Wildman–Crippen MR) is 93.9 cm³/mol. The largest absolute Gasteiger partial charge is 0.507 e. The molecule has 0 spiro atoms. The second-order valence-corrected chi connectivity index (χ2v) is 6.28. The van der Waals surface area contributed by atoms with Crippen LogP contribution in [0.2, 0.25) is 0 Å². The number of carbonyl (C=O) groups is 3. The van der Waals surface area contributed by atoms with E-state index in [4.69, 9.17) is 0 Å². The topological polar surface area (TPSA) is 132 Å². The second kappa shape index (κ2) is 5.31. The molecule has 27 heavy (non-hydrogen) atoms. The number of benzene rings is 3. The van der Waals surface area contributed by atoms with Gasteiger partial charge >= 0.3 is 0 Å². The molecule has 0 atom stereocenters. The normalized spacial score (nSPS) is 12.8. The number of hydrogen-bond donors (Lipinski definition) is 4. The third kappa shape index (κ3) is 2.05. The maximum Gasteiger partial charge on any atom is 0.202 e. The zero-order valence-corrected chi connectivity index (χ0v) is 13.9. The highest BCUT2D eigenvalue weighted by Crippen LogP contribution is 2.48. The Balaban J connectivity index is 2.16. The van der Waals surface area contributed by atoms with Gasteiger partial charge in [-0.1, -0.05) is 12.1 Å². The molecule has 0 amide bonds. The zero-order valence-electron chi connectivity index (χ0n) is 13.9. The van der Waals surface area contributed by atoms with E-state index in [-0.39, 0.29) is 33.2 Å². The van der Waals surface area contributed by atoms with Crippen LogP contribution in [0.25, 0.3) is 10.8 Å². The summed E-state index contributed by atoms with van der Waals surface area (Å²) >= 11 is 0. The molecule has 0 bridgehead atoms. The number of hydrogen-bond acceptors (Lipinski definition) is 7. The number of aromatic hydroxyl groups is 4. The number of carbonyl (C=O) groups excluding carboxylic acids is 3. The average molecular weight is 364 g/mol. The summed E-state index contributed by atoms with van der Waals surface area (Å²) in [6.07, 6.45) is 0. The minimum Gasteiger partial charge on any atom is -0.507 e. The Morgan fingerprint density at radius 3 is 2.15 bits per heavy atom. The predicted octanol–water partition coefficient (Wildman–Crippen LogP) is 2.64. The first-order chi connectivity index (χ1) is 12.7. The number of rotatable bonds is 1. The lowest BCUT2D eigenvalue weighted by Crippen LogP contribution is -2.22.